The highest BCUT2D eigenvalue weighted by Gasteiger charge is 2.32. The zero-order valence-corrected chi connectivity index (χ0v) is 15.4. The van der Waals surface area contributed by atoms with Crippen molar-refractivity contribution >= 4 is 5.69 Å². The molecule has 1 aliphatic heterocycles. The molecule has 7 nitrogen and oxygen atoms in total. The average molecular weight is 371 g/mol. The molecule has 2 aromatic carbocycles. The molecule has 0 aromatic heterocycles. The lowest BCUT2D eigenvalue weighted by atomic mass is 9.89. The second-order valence-electron chi connectivity index (χ2n) is 6.71. The molecule has 2 atom stereocenters. The van der Waals surface area contributed by atoms with Crippen molar-refractivity contribution in [3.63, 3.8) is 0 Å². The molecule has 3 rings (SSSR count). The van der Waals surface area contributed by atoms with E-state index in [-0.39, 0.29) is 11.4 Å². The van der Waals surface area contributed by atoms with Gasteiger partial charge >= 0.3 is 5.69 Å². The van der Waals surface area contributed by atoms with Crippen molar-refractivity contribution in [2.45, 2.75) is 5.92 Å². The Kier molecular flexibility index (Phi) is 6.26. The summed E-state index contributed by atoms with van der Waals surface area (Å²) >= 11 is 0. The van der Waals surface area contributed by atoms with Crippen LogP contribution in [0.4, 0.5) is 5.69 Å². The van der Waals surface area contributed by atoms with E-state index in [1.54, 1.807) is 12.1 Å². The van der Waals surface area contributed by atoms with E-state index in [1.807, 2.05) is 6.07 Å². The number of methoxy groups -OCH3 is 1. The van der Waals surface area contributed by atoms with Gasteiger partial charge in [-0.2, -0.15) is 0 Å². The lowest BCUT2D eigenvalue weighted by Gasteiger charge is -2.17. The highest BCUT2D eigenvalue weighted by Crippen LogP contribution is 2.33. The first-order valence-electron chi connectivity index (χ1n) is 9.05. The largest absolute Gasteiger partial charge is 0.496 e. The number of nitrogens with zero attached hydrogens (tertiary/aromatic N) is 2. The molecule has 1 heterocycles. The molecule has 2 N–H and O–H groups in total. The maximum absolute atomic E-state index is 11.2. The van der Waals surface area contributed by atoms with Crippen LogP contribution in [-0.2, 0) is 0 Å². The van der Waals surface area contributed by atoms with Crippen LogP contribution in [0.2, 0.25) is 0 Å². The molecule has 144 valence electrons. The molecular formula is C20H25N3O4. The van der Waals surface area contributed by atoms with Gasteiger partial charge in [0.1, 0.15) is 12.4 Å². The molecule has 0 spiro atoms. The fourth-order valence-corrected chi connectivity index (χ4v) is 3.63. The molecule has 0 saturated carbocycles. The topological polar surface area (TPSA) is 90.9 Å². The monoisotopic (exact) mass is 371 g/mol. The number of nitro benzene ring substituents is 1. The van der Waals surface area contributed by atoms with E-state index in [0.29, 0.717) is 37.3 Å². The van der Waals surface area contributed by atoms with Crippen LogP contribution in [0.15, 0.2) is 48.5 Å². The zero-order valence-electron chi connectivity index (χ0n) is 15.4. The van der Waals surface area contributed by atoms with Gasteiger partial charge in [0.05, 0.1) is 18.1 Å². The van der Waals surface area contributed by atoms with E-state index < -0.39 is 4.92 Å². The molecule has 2 aromatic rings. The van der Waals surface area contributed by atoms with Crippen LogP contribution in [0.5, 0.6) is 11.5 Å². The molecule has 1 aliphatic rings. The smallest absolute Gasteiger partial charge is 0.314 e. The Morgan fingerprint density at radius 3 is 2.67 bits per heavy atom. The second-order valence-corrected chi connectivity index (χ2v) is 6.71. The van der Waals surface area contributed by atoms with Gasteiger partial charge in [0.15, 0.2) is 5.75 Å². The van der Waals surface area contributed by atoms with Crippen LogP contribution >= 0.6 is 0 Å². The van der Waals surface area contributed by atoms with E-state index in [4.69, 9.17) is 15.2 Å². The van der Waals surface area contributed by atoms with Crippen LogP contribution in [0, 0.1) is 16.0 Å². The molecular weight excluding hydrogens is 346 g/mol. The summed E-state index contributed by atoms with van der Waals surface area (Å²) in [6, 6.07) is 15.0. The number of ether oxygens (including phenoxy) is 2. The van der Waals surface area contributed by atoms with Crippen molar-refractivity contribution in [1.29, 1.82) is 0 Å². The first-order valence-corrected chi connectivity index (χ1v) is 9.05. The van der Waals surface area contributed by atoms with Crippen LogP contribution in [0.1, 0.15) is 11.5 Å². The molecule has 0 bridgehead atoms. The van der Waals surface area contributed by atoms with Crippen molar-refractivity contribution < 1.29 is 14.4 Å². The molecule has 0 amide bonds. The van der Waals surface area contributed by atoms with Crippen molar-refractivity contribution in [2.24, 2.45) is 11.7 Å². The third-order valence-electron chi connectivity index (χ3n) is 5.07. The van der Waals surface area contributed by atoms with Gasteiger partial charge in [-0.15, -0.1) is 0 Å². The Morgan fingerprint density at radius 1 is 1.22 bits per heavy atom. The van der Waals surface area contributed by atoms with E-state index in [9.17, 15) is 10.1 Å². The Labute approximate surface area is 158 Å². The summed E-state index contributed by atoms with van der Waals surface area (Å²) in [5.41, 5.74) is 7.20. The molecule has 1 saturated heterocycles. The maximum Gasteiger partial charge on any atom is 0.314 e. The molecule has 7 heteroatoms. The third-order valence-corrected chi connectivity index (χ3v) is 5.07. The van der Waals surface area contributed by atoms with Gasteiger partial charge in [0.25, 0.3) is 0 Å². The van der Waals surface area contributed by atoms with Gasteiger partial charge in [0.2, 0.25) is 0 Å². The van der Waals surface area contributed by atoms with Gasteiger partial charge in [-0.3, -0.25) is 15.0 Å². The predicted molar refractivity (Wildman–Crippen MR) is 103 cm³/mol. The quantitative estimate of drug-likeness (QED) is 0.567. The van der Waals surface area contributed by atoms with E-state index >= 15 is 0 Å². The van der Waals surface area contributed by atoms with Gasteiger partial charge in [-0.05, 0) is 30.2 Å². The first-order chi connectivity index (χ1) is 13.1. The Hall–Kier alpha value is -2.64. The van der Waals surface area contributed by atoms with Crippen molar-refractivity contribution in [1.82, 2.24) is 4.90 Å². The van der Waals surface area contributed by atoms with Crippen LogP contribution in [0.3, 0.4) is 0 Å². The summed E-state index contributed by atoms with van der Waals surface area (Å²) in [4.78, 5) is 13.1. The minimum absolute atomic E-state index is 0.0854. The summed E-state index contributed by atoms with van der Waals surface area (Å²) in [5, 5.41) is 11.2. The molecule has 27 heavy (non-hydrogen) atoms. The molecule has 1 fully saturated rings. The molecule has 0 radical (unpaired) electrons. The molecule has 0 unspecified atom stereocenters. The fourth-order valence-electron chi connectivity index (χ4n) is 3.63. The number of nitrogens with two attached hydrogens (primary N) is 1. The minimum Gasteiger partial charge on any atom is -0.496 e. The minimum atomic E-state index is -0.455. The fraction of sp³-hybridized carbons (Fsp3) is 0.400. The Morgan fingerprint density at radius 2 is 2.00 bits per heavy atom. The number of hydrogen-bond donors (Lipinski definition) is 1. The van der Waals surface area contributed by atoms with Crippen molar-refractivity contribution in [3.05, 3.63) is 64.2 Å². The average Bonchev–Trinajstić information content (AvgIpc) is 3.12. The first kappa shape index (κ1) is 19.1. The normalized spacial score (nSPS) is 19.8. The van der Waals surface area contributed by atoms with E-state index in [2.05, 4.69) is 29.2 Å². The second kappa shape index (κ2) is 8.83. The zero-order chi connectivity index (χ0) is 19.2. The van der Waals surface area contributed by atoms with E-state index in [1.165, 1.54) is 18.7 Å². The summed E-state index contributed by atoms with van der Waals surface area (Å²) in [7, 11) is 1.48. The Bertz CT molecular complexity index is 769. The van der Waals surface area contributed by atoms with Crippen molar-refractivity contribution in [2.75, 3.05) is 39.9 Å². The van der Waals surface area contributed by atoms with Crippen LogP contribution in [-0.4, -0.2) is 49.7 Å². The standard InChI is InChI=1S/C20H25N3O4/c1-26-17-7-8-20(19(11-17)23(24)25)27-10-9-22-13-16(12-21)18(14-22)15-5-3-2-4-6-15/h2-8,11,16,18H,9-10,12-14,21H2,1H3/t16-,18+/m1/s1. The Balaban J connectivity index is 1.59. The summed E-state index contributed by atoms with van der Waals surface area (Å²) < 4.78 is 10.7. The molecule has 0 aliphatic carbocycles. The lowest BCUT2D eigenvalue weighted by Crippen LogP contribution is -2.27. The third kappa shape index (κ3) is 4.56. The SMILES string of the molecule is COc1ccc(OCCN2C[C@@H](CN)[C@H](c3ccccc3)C2)c([N+](=O)[O-])c1. The number of rotatable bonds is 8. The number of benzene rings is 2. The number of hydrogen-bond acceptors (Lipinski definition) is 6. The van der Waals surface area contributed by atoms with Gasteiger partial charge in [-0.1, -0.05) is 30.3 Å². The predicted octanol–water partition coefficient (Wildman–Crippen LogP) is 2.66. The van der Waals surface area contributed by atoms with Gasteiger partial charge in [-0.25, -0.2) is 0 Å². The highest BCUT2D eigenvalue weighted by atomic mass is 16.6. The van der Waals surface area contributed by atoms with Crippen molar-refractivity contribution in [3.8, 4) is 11.5 Å². The lowest BCUT2D eigenvalue weighted by molar-refractivity contribution is -0.385. The van der Waals surface area contributed by atoms with Crippen LogP contribution < -0.4 is 15.2 Å². The summed E-state index contributed by atoms with van der Waals surface area (Å²) in [6.45, 7) is 3.54. The van der Waals surface area contributed by atoms with Gasteiger partial charge < -0.3 is 15.2 Å². The number of likely N-dealkylation sites (tertiary alicyclic amines) is 1. The summed E-state index contributed by atoms with van der Waals surface area (Å²) in [6.07, 6.45) is 0. The maximum atomic E-state index is 11.2. The van der Waals surface area contributed by atoms with Gasteiger partial charge in [0, 0.05) is 25.6 Å². The van der Waals surface area contributed by atoms with Crippen LogP contribution in [0.25, 0.3) is 0 Å². The number of nitro groups is 1. The highest BCUT2D eigenvalue weighted by molar-refractivity contribution is 5.50. The summed E-state index contributed by atoms with van der Waals surface area (Å²) in [5.74, 6) is 1.51. The van der Waals surface area contributed by atoms with E-state index in [0.717, 1.165) is 13.1 Å².